The fourth-order valence-electron chi connectivity index (χ4n) is 4.90. The molecule has 31 heavy (non-hydrogen) atoms. The van der Waals surface area contributed by atoms with Crippen LogP contribution in [-0.2, 0) is 0 Å². The maximum absolute atomic E-state index is 12.7. The second-order valence-corrected chi connectivity index (χ2v) is 8.64. The minimum atomic E-state index is -4.72. The molecule has 1 N–H and O–H groups in total. The minimum Gasteiger partial charge on any atom is -0.406 e. The van der Waals surface area contributed by atoms with Gasteiger partial charge in [-0.3, -0.25) is 4.90 Å². The van der Waals surface area contributed by atoms with E-state index in [1.165, 1.54) is 12.1 Å². The SMILES string of the molecule is CC[C@H]1CN(C[C@H](c2cccc(OC(F)(F)F)c2)C2(O)CCCCC2)CCN1C.Cl.Cl. The summed E-state index contributed by atoms with van der Waals surface area (Å²) in [5, 5.41) is 11.5. The molecular formula is C22H35Cl2F3N2O2. The lowest BCUT2D eigenvalue weighted by Gasteiger charge is -2.45. The van der Waals surface area contributed by atoms with E-state index in [0.29, 0.717) is 25.4 Å². The Morgan fingerprint density at radius 1 is 1.16 bits per heavy atom. The summed E-state index contributed by atoms with van der Waals surface area (Å²) in [5.41, 5.74) is -0.164. The van der Waals surface area contributed by atoms with Gasteiger partial charge in [-0.05, 0) is 44.0 Å². The zero-order valence-corrected chi connectivity index (χ0v) is 19.9. The molecule has 1 saturated carbocycles. The first-order chi connectivity index (χ1) is 13.7. The van der Waals surface area contributed by atoms with E-state index in [2.05, 4.69) is 28.5 Å². The summed E-state index contributed by atoms with van der Waals surface area (Å²) in [7, 11) is 2.13. The number of alkyl halides is 3. The quantitative estimate of drug-likeness (QED) is 0.596. The minimum absolute atomic E-state index is 0. The number of likely N-dealkylation sites (N-methyl/N-ethyl adjacent to an activating group) is 1. The molecule has 2 aliphatic rings. The molecule has 180 valence electrons. The molecule has 0 unspecified atom stereocenters. The van der Waals surface area contributed by atoms with Crippen molar-refractivity contribution < 1.29 is 23.0 Å². The van der Waals surface area contributed by atoms with E-state index in [4.69, 9.17) is 0 Å². The van der Waals surface area contributed by atoms with Gasteiger partial charge < -0.3 is 14.7 Å². The average Bonchev–Trinajstić information content (AvgIpc) is 2.66. The molecule has 0 spiro atoms. The molecule has 2 atom stereocenters. The number of hydrogen-bond acceptors (Lipinski definition) is 4. The van der Waals surface area contributed by atoms with Gasteiger partial charge in [-0.25, -0.2) is 0 Å². The van der Waals surface area contributed by atoms with Crippen LogP contribution in [0.25, 0.3) is 0 Å². The number of hydrogen-bond donors (Lipinski definition) is 1. The Kier molecular flexibility index (Phi) is 10.9. The largest absolute Gasteiger partial charge is 0.573 e. The first kappa shape index (κ1) is 28.3. The number of benzene rings is 1. The van der Waals surface area contributed by atoms with Crippen molar-refractivity contribution in [1.29, 1.82) is 0 Å². The maximum atomic E-state index is 12.7. The highest BCUT2D eigenvalue weighted by molar-refractivity contribution is 5.85. The molecule has 2 fully saturated rings. The van der Waals surface area contributed by atoms with Crippen molar-refractivity contribution in [1.82, 2.24) is 9.80 Å². The van der Waals surface area contributed by atoms with Crippen LogP contribution < -0.4 is 4.74 Å². The zero-order chi connectivity index (χ0) is 21.1. The van der Waals surface area contributed by atoms with Gasteiger partial charge in [0.05, 0.1) is 5.60 Å². The molecule has 0 amide bonds. The van der Waals surface area contributed by atoms with Gasteiger partial charge in [0.15, 0.2) is 0 Å². The van der Waals surface area contributed by atoms with Gasteiger partial charge in [0.25, 0.3) is 0 Å². The molecule has 1 heterocycles. The number of nitrogens with zero attached hydrogens (tertiary/aromatic N) is 2. The summed E-state index contributed by atoms with van der Waals surface area (Å²) in [4.78, 5) is 4.72. The second-order valence-electron chi connectivity index (χ2n) is 8.64. The van der Waals surface area contributed by atoms with Crippen LogP contribution in [-0.4, -0.2) is 66.1 Å². The first-order valence-corrected chi connectivity index (χ1v) is 10.7. The lowest BCUT2D eigenvalue weighted by molar-refractivity contribution is -0.274. The molecule has 4 nitrogen and oxygen atoms in total. The maximum Gasteiger partial charge on any atom is 0.573 e. The van der Waals surface area contributed by atoms with E-state index in [9.17, 15) is 18.3 Å². The van der Waals surface area contributed by atoms with Crippen molar-refractivity contribution >= 4 is 24.8 Å². The number of piperazine rings is 1. The highest BCUT2D eigenvalue weighted by atomic mass is 35.5. The lowest BCUT2D eigenvalue weighted by atomic mass is 9.72. The molecule has 9 heteroatoms. The lowest BCUT2D eigenvalue weighted by Crippen LogP contribution is -2.54. The molecule has 1 aromatic rings. The first-order valence-electron chi connectivity index (χ1n) is 10.7. The molecular weight excluding hydrogens is 452 g/mol. The Bertz CT molecular complexity index is 672. The molecule has 3 rings (SSSR count). The number of rotatable bonds is 6. The Balaban J connectivity index is 0.00000240. The van der Waals surface area contributed by atoms with E-state index >= 15 is 0 Å². The summed E-state index contributed by atoms with van der Waals surface area (Å²) >= 11 is 0. The van der Waals surface area contributed by atoms with Crippen LogP contribution in [0.3, 0.4) is 0 Å². The van der Waals surface area contributed by atoms with Crippen LogP contribution >= 0.6 is 24.8 Å². The molecule has 0 radical (unpaired) electrons. The fraction of sp³-hybridized carbons (Fsp3) is 0.727. The highest BCUT2D eigenvalue weighted by Crippen LogP contribution is 2.41. The average molecular weight is 487 g/mol. The van der Waals surface area contributed by atoms with E-state index in [1.54, 1.807) is 6.07 Å². The van der Waals surface area contributed by atoms with Crippen LogP contribution in [0.4, 0.5) is 13.2 Å². The molecule has 1 aromatic carbocycles. The van der Waals surface area contributed by atoms with E-state index in [1.807, 2.05) is 6.07 Å². The van der Waals surface area contributed by atoms with Crippen molar-refractivity contribution in [2.24, 2.45) is 0 Å². The Morgan fingerprint density at radius 3 is 2.45 bits per heavy atom. The van der Waals surface area contributed by atoms with Crippen LogP contribution in [0.1, 0.15) is 56.9 Å². The zero-order valence-electron chi connectivity index (χ0n) is 18.2. The Labute approximate surface area is 195 Å². The van der Waals surface area contributed by atoms with Gasteiger partial charge in [0, 0.05) is 38.1 Å². The van der Waals surface area contributed by atoms with E-state index < -0.39 is 12.0 Å². The second kappa shape index (κ2) is 11.9. The molecule has 1 saturated heterocycles. The number of halogens is 5. The van der Waals surface area contributed by atoms with E-state index in [-0.39, 0.29) is 36.5 Å². The van der Waals surface area contributed by atoms with Gasteiger partial charge >= 0.3 is 6.36 Å². The third-order valence-electron chi connectivity index (χ3n) is 6.64. The molecule has 1 aliphatic carbocycles. The van der Waals surface area contributed by atoms with Gasteiger partial charge in [0.1, 0.15) is 5.75 Å². The van der Waals surface area contributed by atoms with Gasteiger partial charge in [-0.2, -0.15) is 0 Å². The molecule has 0 aromatic heterocycles. The Morgan fingerprint density at radius 2 is 1.84 bits per heavy atom. The Hall–Kier alpha value is -0.730. The van der Waals surface area contributed by atoms with Crippen molar-refractivity contribution in [3.8, 4) is 5.75 Å². The van der Waals surface area contributed by atoms with Crippen LogP contribution in [0.15, 0.2) is 24.3 Å². The van der Waals surface area contributed by atoms with Crippen molar-refractivity contribution in [2.45, 2.75) is 69.4 Å². The standard InChI is InChI=1S/C22H33F3N2O2.2ClH/c1-3-18-15-27(13-12-26(18)2)16-20(21(28)10-5-4-6-11-21)17-8-7-9-19(14-17)29-22(23,24)25;;/h7-9,14,18,20,28H,3-6,10-13,15-16H2,1-2H3;2*1H/t18-,20+;;/m0../s1. The predicted octanol–water partition coefficient (Wildman–Crippen LogP) is 5.23. The van der Waals surface area contributed by atoms with Gasteiger partial charge in [-0.15, -0.1) is 38.0 Å². The monoisotopic (exact) mass is 486 g/mol. The predicted molar refractivity (Wildman–Crippen MR) is 122 cm³/mol. The highest BCUT2D eigenvalue weighted by Gasteiger charge is 2.41. The summed E-state index contributed by atoms with van der Waals surface area (Å²) in [5.74, 6) is -0.454. The van der Waals surface area contributed by atoms with Crippen molar-refractivity contribution in [3.63, 3.8) is 0 Å². The summed E-state index contributed by atoms with van der Waals surface area (Å²) in [6.07, 6.45) is 0.704. The number of ether oxygens (including phenoxy) is 1. The fourth-order valence-corrected chi connectivity index (χ4v) is 4.90. The van der Waals surface area contributed by atoms with Gasteiger partial charge in [0.2, 0.25) is 0 Å². The third kappa shape index (κ3) is 7.67. The van der Waals surface area contributed by atoms with Crippen molar-refractivity contribution in [3.05, 3.63) is 29.8 Å². The number of aliphatic hydroxyl groups is 1. The molecule has 0 bridgehead atoms. The molecule has 1 aliphatic heterocycles. The summed E-state index contributed by atoms with van der Waals surface area (Å²) in [6, 6.07) is 6.66. The smallest absolute Gasteiger partial charge is 0.406 e. The van der Waals surface area contributed by atoms with Crippen LogP contribution in [0, 0.1) is 0 Å². The van der Waals surface area contributed by atoms with Crippen molar-refractivity contribution in [2.75, 3.05) is 33.2 Å². The van der Waals surface area contributed by atoms with Crippen LogP contribution in [0.5, 0.6) is 5.75 Å². The summed E-state index contributed by atoms with van der Waals surface area (Å²) < 4.78 is 42.3. The third-order valence-corrected chi connectivity index (χ3v) is 6.64. The van der Waals surface area contributed by atoms with Gasteiger partial charge in [-0.1, -0.05) is 38.3 Å². The summed E-state index contributed by atoms with van der Waals surface area (Å²) in [6.45, 7) is 5.60. The topological polar surface area (TPSA) is 35.9 Å². The normalized spacial score (nSPS) is 23.4. The van der Waals surface area contributed by atoms with E-state index in [0.717, 1.165) is 50.9 Å². The van der Waals surface area contributed by atoms with Crippen LogP contribution in [0.2, 0.25) is 0 Å².